The van der Waals surface area contributed by atoms with Crippen LogP contribution in [-0.4, -0.2) is 33.5 Å². The molecule has 0 amide bonds. The molecule has 0 aromatic heterocycles. The second kappa shape index (κ2) is 2.33. The van der Waals surface area contributed by atoms with Crippen LogP contribution in [0.4, 0.5) is 0 Å². The first-order chi connectivity index (χ1) is 5.68. The van der Waals surface area contributed by atoms with E-state index in [0.717, 1.165) is 13.1 Å². The molecule has 13 heavy (non-hydrogen) atoms. The van der Waals surface area contributed by atoms with Gasteiger partial charge in [0.1, 0.15) is 0 Å². The highest BCUT2D eigenvalue weighted by atomic mass is 35.7. The van der Waals surface area contributed by atoms with Crippen molar-refractivity contribution in [3.8, 4) is 0 Å². The van der Waals surface area contributed by atoms with Crippen molar-refractivity contribution in [1.29, 1.82) is 0 Å². The van der Waals surface area contributed by atoms with E-state index in [2.05, 4.69) is 27.7 Å². The molecule has 2 rings (SSSR count). The Kier molecular flexibility index (Phi) is 1.79. The molecule has 0 radical (unpaired) electrons. The summed E-state index contributed by atoms with van der Waals surface area (Å²) in [6, 6.07) is 0. The van der Waals surface area contributed by atoms with Gasteiger partial charge in [0, 0.05) is 24.2 Å². The van der Waals surface area contributed by atoms with E-state index in [-0.39, 0.29) is 11.1 Å². The lowest BCUT2D eigenvalue weighted by molar-refractivity contribution is 0.486. The summed E-state index contributed by atoms with van der Waals surface area (Å²) in [5.41, 5.74) is 0.0753. The minimum atomic E-state index is -2.72. The monoisotopic (exact) mass is 222 g/mol. The Balaban J connectivity index is 2.12. The second-order valence-corrected chi connectivity index (χ2v) is 8.45. The van der Waals surface area contributed by atoms with Gasteiger partial charge in [0.25, 0.3) is 0 Å². The Morgan fingerprint density at radius 3 is 1.46 bits per heavy atom. The minimum absolute atomic E-state index is 0.0376. The lowest BCUT2D eigenvalue weighted by Crippen LogP contribution is -2.12. The van der Waals surface area contributed by atoms with Crippen molar-refractivity contribution in [2.45, 2.75) is 38.8 Å². The maximum atomic E-state index is 12.2. The highest BCUT2D eigenvalue weighted by Gasteiger charge is 2.63. The molecule has 0 aliphatic carbocycles. The quantitative estimate of drug-likeness (QED) is 0.530. The molecule has 76 valence electrons. The maximum Gasteiger partial charge on any atom is 0.305 e. The molecule has 2 aliphatic heterocycles. The first-order valence-corrected chi connectivity index (χ1v) is 7.06. The van der Waals surface area contributed by atoms with Crippen molar-refractivity contribution in [2.75, 3.05) is 13.1 Å². The van der Waals surface area contributed by atoms with Gasteiger partial charge in [0.05, 0.1) is 0 Å². The normalized spacial score (nSPS) is 43.8. The zero-order valence-corrected chi connectivity index (χ0v) is 10.2. The highest BCUT2D eigenvalue weighted by Crippen LogP contribution is 2.72. The zero-order valence-electron chi connectivity index (χ0n) is 8.54. The van der Waals surface area contributed by atoms with Crippen LogP contribution in [-0.2, 0) is 4.57 Å². The molecular formula is C8H16ClN2OP. The number of nitrogens with zero attached hydrogens (tertiary/aromatic N) is 2. The molecule has 0 spiro atoms. The second-order valence-electron chi connectivity index (χ2n) is 5.21. The minimum Gasteiger partial charge on any atom is -0.271 e. The Morgan fingerprint density at radius 2 is 1.31 bits per heavy atom. The lowest BCUT2D eigenvalue weighted by atomic mass is 10.2. The molecule has 0 aromatic carbocycles. The summed E-state index contributed by atoms with van der Waals surface area (Å²) in [4.78, 5) is 0. The van der Waals surface area contributed by atoms with E-state index in [9.17, 15) is 4.57 Å². The van der Waals surface area contributed by atoms with Crippen LogP contribution in [0.5, 0.6) is 0 Å². The SMILES string of the molecule is CC1(C)CN1P(=O)(Cl)N1CC1(C)C. The van der Waals surface area contributed by atoms with Gasteiger partial charge in [0.15, 0.2) is 0 Å². The van der Waals surface area contributed by atoms with Crippen molar-refractivity contribution in [2.24, 2.45) is 0 Å². The van der Waals surface area contributed by atoms with E-state index in [4.69, 9.17) is 11.2 Å². The van der Waals surface area contributed by atoms with E-state index in [1.54, 1.807) is 0 Å². The average molecular weight is 223 g/mol. The highest BCUT2D eigenvalue weighted by molar-refractivity contribution is 7.85. The zero-order chi connectivity index (χ0) is 10.1. The van der Waals surface area contributed by atoms with E-state index in [1.807, 2.05) is 9.34 Å². The number of halogens is 1. The summed E-state index contributed by atoms with van der Waals surface area (Å²) in [5, 5.41) is 0. The van der Waals surface area contributed by atoms with Crippen LogP contribution in [0.25, 0.3) is 0 Å². The third-order valence-corrected chi connectivity index (χ3v) is 6.51. The molecular weight excluding hydrogens is 207 g/mol. The summed E-state index contributed by atoms with van der Waals surface area (Å²) in [5.74, 6) is 0. The van der Waals surface area contributed by atoms with Crippen LogP contribution in [0, 0.1) is 0 Å². The molecule has 0 N–H and O–H groups in total. The fraction of sp³-hybridized carbons (Fsp3) is 1.00. The number of hydrogen-bond donors (Lipinski definition) is 0. The van der Waals surface area contributed by atoms with E-state index in [0.29, 0.717) is 0 Å². The van der Waals surface area contributed by atoms with Gasteiger partial charge in [0.2, 0.25) is 0 Å². The van der Waals surface area contributed by atoms with Crippen molar-refractivity contribution >= 4 is 18.0 Å². The van der Waals surface area contributed by atoms with Crippen LogP contribution in [0.3, 0.4) is 0 Å². The van der Waals surface area contributed by atoms with Crippen LogP contribution in [0.15, 0.2) is 0 Å². The predicted molar refractivity (Wildman–Crippen MR) is 55.0 cm³/mol. The molecule has 2 saturated heterocycles. The smallest absolute Gasteiger partial charge is 0.271 e. The Labute approximate surface area is 84.3 Å². The third kappa shape index (κ3) is 1.46. The average Bonchev–Trinajstić information content (AvgIpc) is 2.71. The summed E-state index contributed by atoms with van der Waals surface area (Å²) >= 11 is 6.11. The van der Waals surface area contributed by atoms with Crippen molar-refractivity contribution in [1.82, 2.24) is 9.34 Å². The van der Waals surface area contributed by atoms with Crippen LogP contribution in [0.1, 0.15) is 27.7 Å². The molecule has 2 atom stereocenters. The van der Waals surface area contributed by atoms with Crippen molar-refractivity contribution < 1.29 is 4.57 Å². The molecule has 5 heteroatoms. The molecule has 0 saturated carbocycles. The third-order valence-electron chi connectivity index (χ3n) is 2.86. The van der Waals surface area contributed by atoms with E-state index >= 15 is 0 Å². The molecule has 2 heterocycles. The molecule has 2 unspecified atom stereocenters. The van der Waals surface area contributed by atoms with Gasteiger partial charge in [-0.2, -0.15) is 0 Å². The van der Waals surface area contributed by atoms with Gasteiger partial charge < -0.3 is 0 Å². The topological polar surface area (TPSA) is 23.1 Å². The molecule has 3 nitrogen and oxygen atoms in total. The molecule has 0 bridgehead atoms. The Morgan fingerprint density at radius 1 is 1.08 bits per heavy atom. The standard InChI is InChI=1S/C8H16ClN2OP/c1-7(2)5-10(7)13(9,12)11-6-8(11,3)4/h5-6H2,1-4H3. The predicted octanol–water partition coefficient (Wildman–Crippen LogP) is 2.52. The summed E-state index contributed by atoms with van der Waals surface area (Å²) in [6.45, 7) is 7.25. The fourth-order valence-electron chi connectivity index (χ4n) is 1.63. The first kappa shape index (κ1) is 9.97. The fourth-order valence-corrected chi connectivity index (χ4v) is 5.82. The van der Waals surface area contributed by atoms with Crippen molar-refractivity contribution in [3.05, 3.63) is 0 Å². The van der Waals surface area contributed by atoms with Gasteiger partial charge in [-0.25, -0.2) is 9.34 Å². The maximum absolute atomic E-state index is 12.2. The summed E-state index contributed by atoms with van der Waals surface area (Å²) in [6.07, 6.45) is 0. The molecule has 0 aromatic rings. The van der Waals surface area contributed by atoms with Gasteiger partial charge in [-0.1, -0.05) is 0 Å². The van der Waals surface area contributed by atoms with Crippen LogP contribution < -0.4 is 0 Å². The Hall–Kier alpha value is 0.440. The molecule has 2 fully saturated rings. The first-order valence-electron chi connectivity index (χ1n) is 4.54. The van der Waals surface area contributed by atoms with Gasteiger partial charge in [-0.05, 0) is 38.9 Å². The van der Waals surface area contributed by atoms with Crippen LogP contribution in [0.2, 0.25) is 0 Å². The van der Waals surface area contributed by atoms with E-state index in [1.165, 1.54) is 0 Å². The van der Waals surface area contributed by atoms with Gasteiger partial charge in [-0.3, -0.25) is 4.57 Å². The molecule has 2 aliphatic rings. The number of hydrogen-bond acceptors (Lipinski definition) is 1. The van der Waals surface area contributed by atoms with E-state index < -0.39 is 6.80 Å². The lowest BCUT2D eigenvalue weighted by Gasteiger charge is -2.17. The van der Waals surface area contributed by atoms with Crippen molar-refractivity contribution in [3.63, 3.8) is 0 Å². The summed E-state index contributed by atoms with van der Waals surface area (Å²) in [7, 11) is 0. The summed E-state index contributed by atoms with van der Waals surface area (Å²) < 4.78 is 16.0. The number of rotatable bonds is 2. The Bertz CT molecular complexity index is 277. The van der Waals surface area contributed by atoms with Crippen LogP contribution >= 0.6 is 18.0 Å². The van der Waals surface area contributed by atoms with Gasteiger partial charge >= 0.3 is 6.80 Å². The van der Waals surface area contributed by atoms with Gasteiger partial charge in [-0.15, -0.1) is 0 Å². The largest absolute Gasteiger partial charge is 0.305 e.